The zero-order valence-corrected chi connectivity index (χ0v) is 9.66. The van der Waals surface area contributed by atoms with Gasteiger partial charge in [0.2, 0.25) is 11.8 Å². The predicted molar refractivity (Wildman–Crippen MR) is 59.8 cm³/mol. The second-order valence-electron chi connectivity index (χ2n) is 4.57. The highest BCUT2D eigenvalue weighted by Crippen LogP contribution is 2.33. The largest absolute Gasteiger partial charge is 0.357 e. The first-order valence-corrected chi connectivity index (χ1v) is 5.94. The van der Waals surface area contributed by atoms with Crippen LogP contribution in [0.25, 0.3) is 0 Å². The van der Waals surface area contributed by atoms with Gasteiger partial charge in [-0.25, -0.2) is 0 Å². The smallest absolute Gasteiger partial charge is 0.243 e. The first-order valence-electron chi connectivity index (χ1n) is 5.94. The second kappa shape index (κ2) is 4.82. The fraction of sp³-hybridized carbons (Fsp3) is 0.818. The number of carbonyl (C=O) groups excluding carboxylic acids is 2. The van der Waals surface area contributed by atoms with Gasteiger partial charge in [0.15, 0.2) is 0 Å². The Kier molecular flexibility index (Phi) is 3.43. The molecule has 0 bridgehead atoms. The van der Waals surface area contributed by atoms with Crippen LogP contribution in [0.2, 0.25) is 0 Å². The van der Waals surface area contributed by atoms with Gasteiger partial charge in [-0.1, -0.05) is 0 Å². The Morgan fingerprint density at radius 2 is 2.19 bits per heavy atom. The summed E-state index contributed by atoms with van der Waals surface area (Å²) < 4.78 is 0. The number of nitrogens with one attached hydrogen (secondary N) is 2. The van der Waals surface area contributed by atoms with Crippen LogP contribution in [0.15, 0.2) is 0 Å². The Labute approximate surface area is 95.6 Å². The maximum Gasteiger partial charge on any atom is 0.243 e. The monoisotopic (exact) mass is 225 g/mol. The van der Waals surface area contributed by atoms with Crippen LogP contribution in [-0.2, 0) is 9.59 Å². The van der Waals surface area contributed by atoms with Gasteiger partial charge in [-0.3, -0.25) is 9.59 Å². The summed E-state index contributed by atoms with van der Waals surface area (Å²) in [4.78, 5) is 25.4. The van der Waals surface area contributed by atoms with E-state index in [1.54, 1.807) is 11.9 Å². The molecule has 5 nitrogen and oxygen atoms in total. The molecule has 1 heterocycles. The predicted octanol–water partition coefficient (Wildman–Crippen LogP) is -0.667. The van der Waals surface area contributed by atoms with E-state index >= 15 is 0 Å². The summed E-state index contributed by atoms with van der Waals surface area (Å²) in [5.74, 6) is 0.640. The minimum absolute atomic E-state index is 0.0728. The minimum Gasteiger partial charge on any atom is -0.357 e. The van der Waals surface area contributed by atoms with Crippen LogP contribution in [0.1, 0.15) is 19.3 Å². The maximum absolute atomic E-state index is 12.0. The van der Waals surface area contributed by atoms with Crippen molar-refractivity contribution in [3.05, 3.63) is 0 Å². The lowest BCUT2D eigenvalue weighted by Gasteiger charge is -2.35. The molecule has 1 unspecified atom stereocenters. The number of nitrogens with zero attached hydrogens (tertiary/aromatic N) is 1. The lowest BCUT2D eigenvalue weighted by Crippen LogP contribution is -2.59. The van der Waals surface area contributed by atoms with E-state index in [0.29, 0.717) is 25.4 Å². The lowest BCUT2D eigenvalue weighted by molar-refractivity contribution is -0.141. The van der Waals surface area contributed by atoms with Crippen LogP contribution < -0.4 is 10.6 Å². The molecule has 0 aromatic heterocycles. The lowest BCUT2D eigenvalue weighted by atomic mass is 10.1. The minimum atomic E-state index is -0.329. The van der Waals surface area contributed by atoms with Crippen molar-refractivity contribution in [1.82, 2.24) is 15.5 Å². The Balaban J connectivity index is 1.96. The number of carbonyl (C=O) groups is 2. The normalized spacial score (nSPS) is 25.3. The average Bonchev–Trinajstić information content (AvgIpc) is 3.12. The molecule has 0 aromatic rings. The van der Waals surface area contributed by atoms with Gasteiger partial charge in [-0.15, -0.1) is 0 Å². The molecule has 0 aromatic carbocycles. The van der Waals surface area contributed by atoms with Gasteiger partial charge in [0.1, 0.15) is 6.04 Å². The SMILES string of the molecule is CNC(=O)C1CNCCN1C(=O)CC1CC1. The van der Waals surface area contributed by atoms with E-state index in [9.17, 15) is 9.59 Å². The Bertz CT molecular complexity index is 289. The van der Waals surface area contributed by atoms with E-state index in [1.165, 1.54) is 12.8 Å². The van der Waals surface area contributed by atoms with Crippen molar-refractivity contribution in [3.8, 4) is 0 Å². The van der Waals surface area contributed by atoms with Gasteiger partial charge in [-0.2, -0.15) is 0 Å². The van der Waals surface area contributed by atoms with E-state index < -0.39 is 0 Å². The van der Waals surface area contributed by atoms with Crippen LogP contribution in [0.4, 0.5) is 0 Å². The Hall–Kier alpha value is -1.10. The van der Waals surface area contributed by atoms with E-state index in [1.807, 2.05) is 0 Å². The third-order valence-electron chi connectivity index (χ3n) is 3.27. The molecule has 1 saturated carbocycles. The van der Waals surface area contributed by atoms with Crippen molar-refractivity contribution in [2.24, 2.45) is 5.92 Å². The molecule has 2 N–H and O–H groups in total. The van der Waals surface area contributed by atoms with E-state index in [4.69, 9.17) is 0 Å². The molecule has 2 rings (SSSR count). The maximum atomic E-state index is 12.0. The third kappa shape index (κ3) is 2.52. The first kappa shape index (κ1) is 11.4. The van der Waals surface area contributed by atoms with Gasteiger partial charge < -0.3 is 15.5 Å². The quantitative estimate of drug-likeness (QED) is 0.670. The van der Waals surface area contributed by atoms with Gasteiger partial charge in [0, 0.05) is 33.1 Å². The summed E-state index contributed by atoms with van der Waals surface area (Å²) >= 11 is 0. The number of likely N-dealkylation sites (N-methyl/N-ethyl adjacent to an activating group) is 1. The standard InChI is InChI=1S/C11H19N3O2/c1-12-11(16)9-7-13-4-5-14(9)10(15)6-8-2-3-8/h8-9,13H,2-7H2,1H3,(H,12,16). The van der Waals surface area contributed by atoms with Gasteiger partial charge in [0.25, 0.3) is 0 Å². The molecule has 1 aliphatic heterocycles. The molecular formula is C11H19N3O2. The molecular weight excluding hydrogens is 206 g/mol. The van der Waals surface area contributed by atoms with Crippen LogP contribution in [0.5, 0.6) is 0 Å². The fourth-order valence-corrected chi connectivity index (χ4v) is 2.09. The fourth-order valence-electron chi connectivity index (χ4n) is 2.09. The van der Waals surface area contributed by atoms with Crippen LogP contribution in [0, 0.1) is 5.92 Å². The number of rotatable bonds is 3. The summed E-state index contributed by atoms with van der Waals surface area (Å²) in [6.07, 6.45) is 2.96. The summed E-state index contributed by atoms with van der Waals surface area (Å²) in [6, 6.07) is -0.329. The van der Waals surface area contributed by atoms with Gasteiger partial charge in [-0.05, 0) is 18.8 Å². The molecule has 90 valence electrons. The summed E-state index contributed by atoms with van der Waals surface area (Å²) in [7, 11) is 1.61. The third-order valence-corrected chi connectivity index (χ3v) is 3.27. The zero-order valence-electron chi connectivity index (χ0n) is 9.66. The van der Waals surface area contributed by atoms with Crippen molar-refractivity contribution < 1.29 is 9.59 Å². The highest BCUT2D eigenvalue weighted by Gasteiger charge is 2.34. The molecule has 2 aliphatic rings. The second-order valence-corrected chi connectivity index (χ2v) is 4.57. The molecule has 1 aliphatic carbocycles. The van der Waals surface area contributed by atoms with Gasteiger partial charge in [0.05, 0.1) is 0 Å². The summed E-state index contributed by atoms with van der Waals surface area (Å²) in [6.45, 7) is 1.99. The highest BCUT2D eigenvalue weighted by molar-refractivity contribution is 5.88. The van der Waals surface area contributed by atoms with Crippen molar-refractivity contribution in [1.29, 1.82) is 0 Å². The molecule has 2 amide bonds. The molecule has 0 spiro atoms. The summed E-state index contributed by atoms with van der Waals surface area (Å²) in [5, 5.41) is 5.76. The van der Waals surface area contributed by atoms with Crippen molar-refractivity contribution in [2.45, 2.75) is 25.3 Å². The number of amides is 2. The van der Waals surface area contributed by atoms with Crippen molar-refractivity contribution in [3.63, 3.8) is 0 Å². The number of hydrogen-bond donors (Lipinski definition) is 2. The topological polar surface area (TPSA) is 61.4 Å². The van der Waals surface area contributed by atoms with Crippen LogP contribution >= 0.6 is 0 Å². The average molecular weight is 225 g/mol. The Morgan fingerprint density at radius 1 is 1.44 bits per heavy atom. The van der Waals surface area contributed by atoms with Crippen LogP contribution in [-0.4, -0.2) is 49.4 Å². The molecule has 1 saturated heterocycles. The molecule has 16 heavy (non-hydrogen) atoms. The summed E-state index contributed by atoms with van der Waals surface area (Å²) in [5.41, 5.74) is 0. The van der Waals surface area contributed by atoms with E-state index in [0.717, 1.165) is 6.54 Å². The van der Waals surface area contributed by atoms with Crippen molar-refractivity contribution >= 4 is 11.8 Å². The van der Waals surface area contributed by atoms with E-state index in [-0.39, 0.29) is 17.9 Å². The molecule has 5 heteroatoms. The molecule has 2 fully saturated rings. The number of hydrogen-bond acceptors (Lipinski definition) is 3. The first-order chi connectivity index (χ1) is 7.72. The molecule has 1 atom stereocenters. The van der Waals surface area contributed by atoms with E-state index in [2.05, 4.69) is 10.6 Å². The zero-order chi connectivity index (χ0) is 11.5. The van der Waals surface area contributed by atoms with Gasteiger partial charge >= 0.3 is 0 Å². The Morgan fingerprint density at radius 3 is 2.81 bits per heavy atom. The van der Waals surface area contributed by atoms with Crippen molar-refractivity contribution in [2.75, 3.05) is 26.7 Å². The van der Waals surface area contributed by atoms with Crippen LogP contribution in [0.3, 0.4) is 0 Å². The molecule has 0 radical (unpaired) electrons. The number of piperazine rings is 1. The highest BCUT2D eigenvalue weighted by atomic mass is 16.2.